The molecular weight excluding hydrogens is 542 g/mol. The number of nitrogens with one attached hydrogen (secondary N) is 2. The van der Waals surface area contributed by atoms with Crippen LogP contribution in [0, 0.1) is 0 Å². The van der Waals surface area contributed by atoms with Crippen LogP contribution in [0.1, 0.15) is 37.5 Å². The van der Waals surface area contributed by atoms with E-state index >= 15 is 0 Å². The Balaban J connectivity index is 0.000000177. The number of fused-ring (bicyclic) bond motifs is 2. The van der Waals surface area contributed by atoms with E-state index in [2.05, 4.69) is 9.97 Å². The molecule has 0 aliphatic rings. The predicted octanol–water partition coefficient (Wildman–Crippen LogP) is 4.10. The van der Waals surface area contributed by atoms with Crippen molar-refractivity contribution in [3.63, 3.8) is 0 Å². The van der Waals surface area contributed by atoms with Gasteiger partial charge in [0.15, 0.2) is 0 Å². The van der Waals surface area contributed by atoms with E-state index in [1.807, 2.05) is 60.9 Å². The third kappa shape index (κ3) is 9.75. The SMILES string of the molecule is CC(=O)[C@@H](N)Cc1c[nH]c2ccccc12.CC(=O)[C@H](N)Cc1c[nH]c2ccccc12.CC(=O)[C@H](N)Cc1ccc(O)cc1. The molecule has 9 heteroatoms. The van der Waals surface area contributed by atoms with Gasteiger partial charge in [-0.3, -0.25) is 14.4 Å². The van der Waals surface area contributed by atoms with Gasteiger partial charge >= 0.3 is 0 Å². The van der Waals surface area contributed by atoms with Crippen LogP contribution in [-0.4, -0.2) is 50.5 Å². The quantitative estimate of drug-likeness (QED) is 0.151. The highest BCUT2D eigenvalue weighted by molar-refractivity contribution is 5.87. The molecule has 0 unspecified atom stereocenters. The van der Waals surface area contributed by atoms with Crippen molar-refractivity contribution in [2.45, 2.75) is 58.2 Å². The van der Waals surface area contributed by atoms with E-state index in [9.17, 15) is 14.4 Å². The number of H-pyrrole nitrogens is 2. The highest BCUT2D eigenvalue weighted by Gasteiger charge is 2.13. The minimum Gasteiger partial charge on any atom is -0.508 e. The number of ketones is 3. The van der Waals surface area contributed by atoms with Gasteiger partial charge in [0.2, 0.25) is 0 Å². The fourth-order valence-corrected chi connectivity index (χ4v) is 4.39. The van der Waals surface area contributed by atoms with Crippen LogP contribution >= 0.6 is 0 Å². The van der Waals surface area contributed by atoms with Gasteiger partial charge in [0.25, 0.3) is 0 Å². The summed E-state index contributed by atoms with van der Waals surface area (Å²) in [4.78, 5) is 39.3. The Morgan fingerprint density at radius 1 is 0.605 bits per heavy atom. The van der Waals surface area contributed by atoms with Crippen LogP contribution in [0.4, 0.5) is 0 Å². The van der Waals surface area contributed by atoms with Gasteiger partial charge in [-0.2, -0.15) is 0 Å². The Morgan fingerprint density at radius 2 is 0.977 bits per heavy atom. The molecule has 0 bridgehead atoms. The summed E-state index contributed by atoms with van der Waals surface area (Å²) in [6.07, 6.45) is 5.56. The maximum absolute atomic E-state index is 11.1. The molecule has 9 N–H and O–H groups in total. The van der Waals surface area contributed by atoms with Crippen molar-refractivity contribution in [2.24, 2.45) is 17.2 Å². The molecule has 0 fully saturated rings. The van der Waals surface area contributed by atoms with E-state index in [4.69, 9.17) is 22.3 Å². The number of carbonyl (C=O) groups excluding carboxylic acids is 3. The smallest absolute Gasteiger partial charge is 0.146 e. The highest BCUT2D eigenvalue weighted by atomic mass is 16.3. The van der Waals surface area contributed by atoms with Gasteiger partial charge in [-0.1, -0.05) is 48.5 Å². The largest absolute Gasteiger partial charge is 0.508 e. The number of para-hydroxylation sites is 2. The molecular formula is C34H41N5O4. The number of rotatable bonds is 9. The summed E-state index contributed by atoms with van der Waals surface area (Å²) in [6, 6.07) is 21.5. The number of benzene rings is 3. The lowest BCUT2D eigenvalue weighted by Crippen LogP contribution is -2.30. The molecule has 9 nitrogen and oxygen atoms in total. The molecule has 5 aromatic rings. The van der Waals surface area contributed by atoms with Crippen LogP contribution in [0.2, 0.25) is 0 Å². The van der Waals surface area contributed by atoms with Crippen molar-refractivity contribution in [3.05, 3.63) is 102 Å². The summed E-state index contributed by atoms with van der Waals surface area (Å²) in [5.74, 6) is 0.258. The standard InChI is InChI=1S/2C12H14N2O.C10H13NO2/c2*1-8(15)11(13)6-9-7-14-12-5-3-2-4-10(9)12;1-7(12)10(11)6-8-2-4-9(13)5-3-8/h2*2-5,7,11,14H,6,13H2,1H3;2-5,10,13H,6,11H2,1H3/t2*11-;10-/m101/s1. The maximum Gasteiger partial charge on any atom is 0.146 e. The Labute approximate surface area is 251 Å². The van der Waals surface area contributed by atoms with E-state index in [0.29, 0.717) is 19.3 Å². The van der Waals surface area contributed by atoms with E-state index in [1.54, 1.807) is 24.3 Å². The van der Waals surface area contributed by atoms with Gasteiger partial charge in [0, 0.05) is 34.2 Å². The number of aromatic hydroxyl groups is 1. The second-order valence-corrected chi connectivity index (χ2v) is 10.6. The number of aromatic nitrogens is 2. The van der Waals surface area contributed by atoms with Gasteiger partial charge in [-0.15, -0.1) is 0 Å². The molecule has 0 radical (unpaired) electrons. The summed E-state index contributed by atoms with van der Waals surface area (Å²) >= 11 is 0. The van der Waals surface area contributed by atoms with Crippen molar-refractivity contribution >= 4 is 39.2 Å². The summed E-state index contributed by atoms with van der Waals surface area (Å²) < 4.78 is 0. The average molecular weight is 584 g/mol. The first-order valence-corrected chi connectivity index (χ1v) is 14.1. The Hall–Kier alpha value is -4.57. The first kappa shape index (κ1) is 32.9. The average Bonchev–Trinajstić information content (AvgIpc) is 3.59. The predicted molar refractivity (Wildman–Crippen MR) is 172 cm³/mol. The van der Waals surface area contributed by atoms with Crippen LogP contribution in [-0.2, 0) is 33.6 Å². The van der Waals surface area contributed by atoms with E-state index in [0.717, 1.165) is 38.5 Å². The zero-order chi connectivity index (χ0) is 31.5. The van der Waals surface area contributed by atoms with Crippen LogP contribution in [0.5, 0.6) is 5.75 Å². The minimum absolute atomic E-state index is 0.0203. The van der Waals surface area contributed by atoms with Gasteiger partial charge in [0.05, 0.1) is 18.1 Å². The molecule has 0 aliphatic heterocycles. The lowest BCUT2D eigenvalue weighted by molar-refractivity contribution is -0.119. The van der Waals surface area contributed by atoms with Gasteiger partial charge in [-0.05, 0) is 81.0 Å². The van der Waals surface area contributed by atoms with Crippen molar-refractivity contribution < 1.29 is 19.5 Å². The third-order valence-electron chi connectivity index (χ3n) is 7.19. The summed E-state index contributed by atoms with van der Waals surface area (Å²) in [5.41, 5.74) is 22.4. The summed E-state index contributed by atoms with van der Waals surface area (Å²) in [7, 11) is 0. The number of phenols is 1. The molecule has 0 aliphatic carbocycles. The highest BCUT2D eigenvalue weighted by Crippen LogP contribution is 2.20. The zero-order valence-corrected chi connectivity index (χ0v) is 24.8. The summed E-state index contributed by atoms with van der Waals surface area (Å²) in [5, 5.41) is 11.3. The fraction of sp³-hybridized carbons (Fsp3) is 0.265. The molecule has 2 heterocycles. The minimum atomic E-state index is -0.440. The third-order valence-corrected chi connectivity index (χ3v) is 7.19. The second kappa shape index (κ2) is 15.6. The number of aromatic amines is 2. The van der Waals surface area contributed by atoms with Gasteiger partial charge in [-0.25, -0.2) is 0 Å². The van der Waals surface area contributed by atoms with Crippen LogP contribution < -0.4 is 17.2 Å². The molecule has 226 valence electrons. The topological polar surface area (TPSA) is 181 Å². The molecule has 5 rings (SSSR count). The normalized spacial score (nSPS) is 12.8. The molecule has 0 amide bonds. The number of hydrogen-bond donors (Lipinski definition) is 6. The van der Waals surface area contributed by atoms with E-state index in [-0.39, 0.29) is 23.1 Å². The fourth-order valence-electron chi connectivity index (χ4n) is 4.39. The van der Waals surface area contributed by atoms with Crippen molar-refractivity contribution in [2.75, 3.05) is 0 Å². The Kier molecular flexibility index (Phi) is 11.9. The van der Waals surface area contributed by atoms with Crippen molar-refractivity contribution in [3.8, 4) is 5.75 Å². The van der Waals surface area contributed by atoms with Gasteiger partial charge in [0.1, 0.15) is 23.1 Å². The lowest BCUT2D eigenvalue weighted by atomic mass is 10.0. The molecule has 0 saturated carbocycles. The number of phenolic OH excluding ortho intramolecular Hbond substituents is 1. The lowest BCUT2D eigenvalue weighted by Gasteiger charge is -2.07. The van der Waals surface area contributed by atoms with Crippen molar-refractivity contribution in [1.82, 2.24) is 9.97 Å². The van der Waals surface area contributed by atoms with Crippen LogP contribution in [0.25, 0.3) is 21.8 Å². The monoisotopic (exact) mass is 583 g/mol. The molecule has 43 heavy (non-hydrogen) atoms. The Morgan fingerprint density at radius 3 is 1.37 bits per heavy atom. The molecule has 3 atom stereocenters. The Bertz CT molecular complexity index is 1560. The van der Waals surface area contributed by atoms with E-state index < -0.39 is 18.1 Å². The van der Waals surface area contributed by atoms with Gasteiger partial charge < -0.3 is 32.3 Å². The number of hydrogen-bond acceptors (Lipinski definition) is 7. The molecule has 0 spiro atoms. The van der Waals surface area contributed by atoms with E-state index in [1.165, 1.54) is 20.8 Å². The maximum atomic E-state index is 11.1. The molecule has 0 saturated heterocycles. The van der Waals surface area contributed by atoms with Crippen molar-refractivity contribution in [1.29, 1.82) is 0 Å². The first-order valence-electron chi connectivity index (χ1n) is 14.1. The summed E-state index contributed by atoms with van der Waals surface area (Å²) in [6.45, 7) is 4.53. The van der Waals surface area contributed by atoms with Crippen LogP contribution in [0.3, 0.4) is 0 Å². The zero-order valence-electron chi connectivity index (χ0n) is 24.8. The number of Topliss-reactive ketones (excluding diaryl/α,β-unsaturated/α-hetero) is 3. The second-order valence-electron chi connectivity index (χ2n) is 10.6. The molecule has 3 aromatic carbocycles. The first-order chi connectivity index (χ1) is 20.5. The number of nitrogens with two attached hydrogens (primary N) is 3. The number of carbonyl (C=O) groups is 3. The molecule has 2 aromatic heterocycles. The van der Waals surface area contributed by atoms with Crippen LogP contribution in [0.15, 0.2) is 85.2 Å².